The molecule has 3 nitrogen and oxygen atoms in total. The van der Waals surface area contributed by atoms with Crippen LogP contribution in [0.15, 0.2) is 47.8 Å². The standard InChI is InChI=1S/C18H18N2OS/c1-12(2)10-17(21)20-18-19-16(11-22-18)15-9-5-7-13-6-3-4-8-14(13)15/h3-9,11-12H,10H2,1-2H3,(H,19,20,21). The van der Waals surface area contributed by atoms with E-state index in [1.54, 1.807) is 0 Å². The molecule has 0 unspecified atom stereocenters. The summed E-state index contributed by atoms with van der Waals surface area (Å²) in [6.07, 6.45) is 0.517. The first kappa shape index (κ1) is 14.7. The Hall–Kier alpha value is -2.20. The highest BCUT2D eigenvalue weighted by molar-refractivity contribution is 7.14. The maximum absolute atomic E-state index is 11.8. The summed E-state index contributed by atoms with van der Waals surface area (Å²) >= 11 is 1.47. The molecule has 22 heavy (non-hydrogen) atoms. The lowest BCUT2D eigenvalue weighted by molar-refractivity contribution is -0.116. The van der Waals surface area contributed by atoms with Crippen LogP contribution in [0.25, 0.3) is 22.0 Å². The van der Waals surface area contributed by atoms with E-state index >= 15 is 0 Å². The number of carbonyl (C=O) groups is 1. The molecule has 1 aromatic heterocycles. The number of rotatable bonds is 4. The number of thiazole rings is 1. The van der Waals surface area contributed by atoms with E-state index < -0.39 is 0 Å². The minimum Gasteiger partial charge on any atom is -0.302 e. The first-order chi connectivity index (χ1) is 10.6. The zero-order valence-corrected chi connectivity index (χ0v) is 13.5. The molecule has 112 valence electrons. The van der Waals surface area contributed by atoms with Gasteiger partial charge in [0.1, 0.15) is 0 Å². The van der Waals surface area contributed by atoms with Gasteiger partial charge in [-0.15, -0.1) is 11.3 Å². The highest BCUT2D eigenvalue weighted by Crippen LogP contribution is 2.31. The van der Waals surface area contributed by atoms with Gasteiger partial charge in [0.05, 0.1) is 5.69 Å². The SMILES string of the molecule is CC(C)CC(=O)Nc1nc(-c2cccc3ccccc23)cs1. The van der Waals surface area contributed by atoms with Crippen LogP contribution in [0.2, 0.25) is 0 Å². The average molecular weight is 310 g/mol. The van der Waals surface area contributed by atoms with Crippen LogP contribution >= 0.6 is 11.3 Å². The van der Waals surface area contributed by atoms with Crippen molar-refractivity contribution in [2.75, 3.05) is 5.32 Å². The van der Waals surface area contributed by atoms with Crippen molar-refractivity contribution in [2.24, 2.45) is 5.92 Å². The molecular formula is C18H18N2OS. The molecular weight excluding hydrogens is 292 g/mol. The zero-order valence-electron chi connectivity index (χ0n) is 12.7. The number of benzene rings is 2. The van der Waals surface area contributed by atoms with Gasteiger partial charge in [0.15, 0.2) is 5.13 Å². The smallest absolute Gasteiger partial charge is 0.226 e. The third kappa shape index (κ3) is 3.17. The molecule has 2 aromatic carbocycles. The summed E-state index contributed by atoms with van der Waals surface area (Å²) < 4.78 is 0. The monoisotopic (exact) mass is 310 g/mol. The topological polar surface area (TPSA) is 42.0 Å². The molecule has 1 amide bonds. The Kier molecular flexibility index (Phi) is 4.20. The van der Waals surface area contributed by atoms with Crippen molar-refractivity contribution in [3.05, 3.63) is 47.8 Å². The van der Waals surface area contributed by atoms with Gasteiger partial charge in [-0.05, 0) is 16.7 Å². The Labute approximate surface area is 134 Å². The Morgan fingerprint density at radius 3 is 2.77 bits per heavy atom. The van der Waals surface area contributed by atoms with Crippen molar-refractivity contribution in [1.29, 1.82) is 0 Å². The summed E-state index contributed by atoms with van der Waals surface area (Å²) in [5.74, 6) is 0.367. The van der Waals surface area contributed by atoms with Crippen LogP contribution in [0.5, 0.6) is 0 Å². The van der Waals surface area contributed by atoms with Crippen molar-refractivity contribution in [3.8, 4) is 11.3 Å². The molecule has 0 atom stereocenters. The van der Waals surface area contributed by atoms with Crippen LogP contribution in [0, 0.1) is 5.92 Å². The van der Waals surface area contributed by atoms with Crippen molar-refractivity contribution in [2.45, 2.75) is 20.3 Å². The van der Waals surface area contributed by atoms with Crippen molar-refractivity contribution < 1.29 is 4.79 Å². The molecule has 0 aliphatic carbocycles. The minimum atomic E-state index is 0.0221. The summed E-state index contributed by atoms with van der Waals surface area (Å²) in [4.78, 5) is 16.4. The first-order valence-electron chi connectivity index (χ1n) is 7.37. The Morgan fingerprint density at radius 2 is 1.95 bits per heavy atom. The highest BCUT2D eigenvalue weighted by atomic mass is 32.1. The number of hydrogen-bond acceptors (Lipinski definition) is 3. The molecule has 0 aliphatic rings. The van der Waals surface area contributed by atoms with Gasteiger partial charge in [-0.3, -0.25) is 4.79 Å². The van der Waals surface area contributed by atoms with E-state index in [1.165, 1.54) is 22.1 Å². The van der Waals surface area contributed by atoms with Crippen molar-refractivity contribution >= 4 is 33.1 Å². The van der Waals surface area contributed by atoms with Crippen molar-refractivity contribution in [1.82, 2.24) is 4.98 Å². The highest BCUT2D eigenvalue weighted by Gasteiger charge is 2.11. The van der Waals surface area contributed by atoms with Crippen molar-refractivity contribution in [3.63, 3.8) is 0 Å². The molecule has 0 fully saturated rings. The number of aromatic nitrogens is 1. The Morgan fingerprint density at radius 1 is 1.18 bits per heavy atom. The fourth-order valence-electron chi connectivity index (χ4n) is 2.44. The molecule has 1 heterocycles. The largest absolute Gasteiger partial charge is 0.302 e. The van der Waals surface area contributed by atoms with Gasteiger partial charge >= 0.3 is 0 Å². The first-order valence-corrected chi connectivity index (χ1v) is 8.25. The second-order valence-electron chi connectivity index (χ2n) is 5.71. The maximum atomic E-state index is 11.8. The normalized spacial score (nSPS) is 11.0. The number of fused-ring (bicyclic) bond motifs is 1. The van der Waals surface area contributed by atoms with Gasteiger partial charge in [0.25, 0.3) is 0 Å². The molecule has 0 bridgehead atoms. The lowest BCUT2D eigenvalue weighted by Crippen LogP contribution is -2.13. The third-order valence-electron chi connectivity index (χ3n) is 3.41. The fraction of sp³-hybridized carbons (Fsp3) is 0.222. The van der Waals surface area contributed by atoms with Crippen LogP contribution in [0.3, 0.4) is 0 Å². The maximum Gasteiger partial charge on any atom is 0.226 e. The lowest BCUT2D eigenvalue weighted by Gasteiger charge is -2.04. The van der Waals surface area contributed by atoms with Crippen LogP contribution in [0.4, 0.5) is 5.13 Å². The number of hydrogen-bond donors (Lipinski definition) is 1. The van der Waals surface area contributed by atoms with E-state index in [-0.39, 0.29) is 5.91 Å². The van der Waals surface area contributed by atoms with E-state index in [9.17, 15) is 4.79 Å². The van der Waals surface area contributed by atoms with E-state index in [1.807, 2.05) is 37.4 Å². The van der Waals surface area contributed by atoms with Crippen LogP contribution < -0.4 is 5.32 Å². The molecule has 0 aliphatic heterocycles. The number of anilines is 1. The second-order valence-corrected chi connectivity index (χ2v) is 6.57. The molecule has 4 heteroatoms. The van der Waals surface area contributed by atoms with Gasteiger partial charge in [0, 0.05) is 17.4 Å². The number of nitrogens with one attached hydrogen (secondary N) is 1. The van der Waals surface area contributed by atoms with Gasteiger partial charge in [-0.1, -0.05) is 56.3 Å². The summed E-state index contributed by atoms with van der Waals surface area (Å²) in [6, 6.07) is 14.5. The van der Waals surface area contributed by atoms with E-state index in [2.05, 4.69) is 34.6 Å². The summed E-state index contributed by atoms with van der Waals surface area (Å²) in [5, 5.41) is 7.90. The van der Waals surface area contributed by atoms with Crippen LogP contribution in [0.1, 0.15) is 20.3 Å². The van der Waals surface area contributed by atoms with Crippen LogP contribution in [-0.4, -0.2) is 10.9 Å². The summed E-state index contributed by atoms with van der Waals surface area (Å²) in [5.41, 5.74) is 2.00. The van der Waals surface area contributed by atoms with E-state index in [4.69, 9.17) is 0 Å². The summed E-state index contributed by atoms with van der Waals surface area (Å²) in [6.45, 7) is 4.06. The number of amides is 1. The molecule has 0 saturated carbocycles. The average Bonchev–Trinajstić information content (AvgIpc) is 2.94. The predicted octanol–water partition coefficient (Wildman–Crippen LogP) is 4.95. The molecule has 3 aromatic rings. The molecule has 0 spiro atoms. The minimum absolute atomic E-state index is 0.0221. The molecule has 0 saturated heterocycles. The molecule has 1 N–H and O–H groups in total. The molecule has 0 radical (unpaired) electrons. The van der Waals surface area contributed by atoms with Gasteiger partial charge in [-0.2, -0.15) is 0 Å². The Balaban J connectivity index is 1.88. The van der Waals surface area contributed by atoms with Gasteiger partial charge in [0.2, 0.25) is 5.91 Å². The van der Waals surface area contributed by atoms with E-state index in [0.29, 0.717) is 17.5 Å². The van der Waals surface area contributed by atoms with E-state index in [0.717, 1.165) is 11.3 Å². The zero-order chi connectivity index (χ0) is 15.5. The van der Waals surface area contributed by atoms with Gasteiger partial charge in [-0.25, -0.2) is 4.98 Å². The number of carbonyl (C=O) groups excluding carboxylic acids is 1. The predicted molar refractivity (Wildman–Crippen MR) is 93.1 cm³/mol. The summed E-state index contributed by atoms with van der Waals surface area (Å²) in [7, 11) is 0. The van der Waals surface area contributed by atoms with Crippen LogP contribution in [-0.2, 0) is 4.79 Å². The molecule has 3 rings (SSSR count). The number of nitrogens with zero attached hydrogens (tertiary/aromatic N) is 1. The lowest BCUT2D eigenvalue weighted by atomic mass is 10.0. The second kappa shape index (κ2) is 6.28. The fourth-order valence-corrected chi connectivity index (χ4v) is 3.17. The third-order valence-corrected chi connectivity index (χ3v) is 4.17. The van der Waals surface area contributed by atoms with Gasteiger partial charge < -0.3 is 5.32 Å². The Bertz CT molecular complexity index is 802. The quantitative estimate of drug-likeness (QED) is 0.741.